The van der Waals surface area contributed by atoms with Crippen LogP contribution in [-0.2, 0) is 14.6 Å². The summed E-state index contributed by atoms with van der Waals surface area (Å²) >= 11 is 0. The zero-order valence-electron chi connectivity index (χ0n) is 12.4. The van der Waals surface area contributed by atoms with Gasteiger partial charge in [-0.05, 0) is 19.3 Å². The molecule has 2 N–H and O–H groups in total. The molecule has 2 amide bonds. The van der Waals surface area contributed by atoms with E-state index in [0.717, 1.165) is 19.3 Å². The Kier molecular flexibility index (Phi) is 6.94. The number of aliphatic carboxylic acids is 1. The molecule has 1 saturated heterocycles. The normalized spacial score (nSPS) is 20.1. The molecule has 0 saturated carbocycles. The van der Waals surface area contributed by atoms with Crippen molar-refractivity contribution in [2.24, 2.45) is 0 Å². The third-order valence-electron chi connectivity index (χ3n) is 3.67. The van der Waals surface area contributed by atoms with Crippen molar-refractivity contribution in [1.29, 1.82) is 0 Å². The lowest BCUT2D eigenvalue weighted by Gasteiger charge is -2.23. The molecule has 1 heterocycles. The number of amides is 2. The molecule has 1 aliphatic heterocycles. The lowest BCUT2D eigenvalue weighted by atomic mass is 10.1. The maximum absolute atomic E-state index is 11.9. The predicted octanol–water partition coefficient (Wildman–Crippen LogP) is 0.850. The highest BCUT2D eigenvalue weighted by atomic mass is 32.2. The number of carboxylic acid groups (broad SMARTS) is 1. The van der Waals surface area contributed by atoms with Gasteiger partial charge in [-0.2, -0.15) is 0 Å². The standard InChI is InChI=1S/C13H24N2O5S/c1-15(11-7-9-21(19,20)10-11)13(18)14-8-5-3-2-4-6-12(16)17/h11H,2-10H2,1H3,(H,14,18)(H,16,17). The van der Waals surface area contributed by atoms with Gasteiger partial charge in [0.15, 0.2) is 9.84 Å². The van der Waals surface area contributed by atoms with Crippen LogP contribution in [0.4, 0.5) is 4.79 Å². The van der Waals surface area contributed by atoms with Crippen LogP contribution in [0.25, 0.3) is 0 Å². The number of rotatable bonds is 8. The Labute approximate surface area is 125 Å². The van der Waals surface area contributed by atoms with Gasteiger partial charge in [-0.25, -0.2) is 13.2 Å². The molecule has 0 aromatic heterocycles. The Hall–Kier alpha value is -1.31. The van der Waals surface area contributed by atoms with E-state index in [0.29, 0.717) is 19.4 Å². The number of hydrogen-bond donors (Lipinski definition) is 2. The topological polar surface area (TPSA) is 104 Å². The first-order chi connectivity index (χ1) is 9.82. The summed E-state index contributed by atoms with van der Waals surface area (Å²) in [5.74, 6) is -0.582. The number of nitrogens with zero attached hydrogens (tertiary/aromatic N) is 1. The number of unbranched alkanes of at least 4 members (excludes halogenated alkanes) is 3. The molecule has 0 aliphatic carbocycles. The molecule has 1 atom stereocenters. The maximum atomic E-state index is 11.9. The van der Waals surface area contributed by atoms with Crippen molar-refractivity contribution < 1.29 is 23.1 Å². The fourth-order valence-electron chi connectivity index (χ4n) is 2.32. The monoisotopic (exact) mass is 320 g/mol. The fourth-order valence-corrected chi connectivity index (χ4v) is 4.10. The molecule has 122 valence electrons. The minimum Gasteiger partial charge on any atom is -0.481 e. The Morgan fingerprint density at radius 3 is 2.48 bits per heavy atom. The van der Waals surface area contributed by atoms with Crippen molar-refractivity contribution in [3.8, 4) is 0 Å². The van der Waals surface area contributed by atoms with Crippen LogP contribution in [0.3, 0.4) is 0 Å². The highest BCUT2D eigenvalue weighted by molar-refractivity contribution is 7.91. The van der Waals surface area contributed by atoms with Crippen LogP contribution in [0.15, 0.2) is 0 Å². The van der Waals surface area contributed by atoms with Gasteiger partial charge in [0, 0.05) is 26.1 Å². The predicted molar refractivity (Wildman–Crippen MR) is 78.9 cm³/mol. The highest BCUT2D eigenvalue weighted by Gasteiger charge is 2.32. The van der Waals surface area contributed by atoms with Gasteiger partial charge >= 0.3 is 12.0 Å². The first-order valence-electron chi connectivity index (χ1n) is 7.25. The van der Waals surface area contributed by atoms with Crippen LogP contribution in [0.2, 0.25) is 0 Å². The van der Waals surface area contributed by atoms with E-state index in [1.54, 1.807) is 7.05 Å². The van der Waals surface area contributed by atoms with Crippen molar-refractivity contribution in [3.05, 3.63) is 0 Å². The minimum atomic E-state index is -2.99. The van der Waals surface area contributed by atoms with Gasteiger partial charge in [-0.3, -0.25) is 4.79 Å². The number of sulfone groups is 1. The van der Waals surface area contributed by atoms with Crippen LogP contribution >= 0.6 is 0 Å². The van der Waals surface area contributed by atoms with Gasteiger partial charge in [-0.15, -0.1) is 0 Å². The Morgan fingerprint density at radius 1 is 1.24 bits per heavy atom. The summed E-state index contributed by atoms with van der Waals surface area (Å²) in [4.78, 5) is 23.6. The summed E-state index contributed by atoms with van der Waals surface area (Å²) in [6.07, 6.45) is 3.84. The zero-order valence-corrected chi connectivity index (χ0v) is 13.2. The molecular formula is C13H24N2O5S. The quantitative estimate of drug-likeness (QED) is 0.645. The van der Waals surface area contributed by atoms with E-state index in [9.17, 15) is 18.0 Å². The maximum Gasteiger partial charge on any atom is 0.317 e. The number of hydrogen-bond acceptors (Lipinski definition) is 4. The van der Waals surface area contributed by atoms with E-state index in [-0.39, 0.29) is 30.0 Å². The molecule has 1 aliphatic rings. The van der Waals surface area contributed by atoms with Crippen LogP contribution in [0.1, 0.15) is 38.5 Å². The molecule has 1 unspecified atom stereocenters. The summed E-state index contributed by atoms with van der Waals surface area (Å²) in [7, 11) is -1.37. The molecule has 21 heavy (non-hydrogen) atoms. The second-order valence-electron chi connectivity index (χ2n) is 5.46. The average Bonchev–Trinajstić information content (AvgIpc) is 2.76. The van der Waals surface area contributed by atoms with E-state index in [2.05, 4.69) is 5.32 Å². The van der Waals surface area contributed by atoms with Crippen molar-refractivity contribution in [2.75, 3.05) is 25.1 Å². The highest BCUT2D eigenvalue weighted by Crippen LogP contribution is 2.16. The summed E-state index contributed by atoms with van der Waals surface area (Å²) < 4.78 is 22.8. The van der Waals surface area contributed by atoms with Gasteiger partial charge in [0.25, 0.3) is 0 Å². The second-order valence-corrected chi connectivity index (χ2v) is 7.69. The lowest BCUT2D eigenvalue weighted by Crippen LogP contribution is -2.44. The van der Waals surface area contributed by atoms with Gasteiger partial charge in [0.05, 0.1) is 11.5 Å². The number of urea groups is 1. The van der Waals surface area contributed by atoms with Crippen molar-refractivity contribution in [3.63, 3.8) is 0 Å². The number of carbonyl (C=O) groups excluding carboxylic acids is 1. The largest absolute Gasteiger partial charge is 0.481 e. The van der Waals surface area contributed by atoms with Crippen LogP contribution < -0.4 is 5.32 Å². The molecule has 1 fully saturated rings. The fraction of sp³-hybridized carbons (Fsp3) is 0.846. The number of nitrogens with one attached hydrogen (secondary N) is 1. The number of carboxylic acids is 1. The molecule has 8 heteroatoms. The Morgan fingerprint density at radius 2 is 1.90 bits per heavy atom. The lowest BCUT2D eigenvalue weighted by molar-refractivity contribution is -0.137. The van der Waals surface area contributed by atoms with Crippen molar-refractivity contribution >= 4 is 21.8 Å². The third-order valence-corrected chi connectivity index (χ3v) is 5.42. The molecule has 0 bridgehead atoms. The first-order valence-corrected chi connectivity index (χ1v) is 9.07. The summed E-state index contributed by atoms with van der Waals surface area (Å²) in [5.41, 5.74) is 0. The van der Waals surface area contributed by atoms with E-state index in [4.69, 9.17) is 5.11 Å². The van der Waals surface area contributed by atoms with Crippen LogP contribution in [-0.4, -0.2) is 61.6 Å². The molecule has 0 aromatic rings. The van der Waals surface area contributed by atoms with Gasteiger partial charge in [0.2, 0.25) is 0 Å². The van der Waals surface area contributed by atoms with Crippen LogP contribution in [0.5, 0.6) is 0 Å². The molecular weight excluding hydrogens is 296 g/mol. The van der Waals surface area contributed by atoms with E-state index >= 15 is 0 Å². The van der Waals surface area contributed by atoms with Crippen LogP contribution in [0, 0.1) is 0 Å². The minimum absolute atomic E-state index is 0.0477. The Balaban J connectivity index is 2.12. The molecule has 0 radical (unpaired) electrons. The van der Waals surface area contributed by atoms with Gasteiger partial charge in [-0.1, -0.05) is 12.8 Å². The summed E-state index contributed by atoms with van der Waals surface area (Å²) in [5, 5.41) is 11.2. The number of carbonyl (C=O) groups is 2. The van der Waals surface area contributed by atoms with Gasteiger partial charge < -0.3 is 15.3 Å². The smallest absolute Gasteiger partial charge is 0.317 e. The van der Waals surface area contributed by atoms with Crippen molar-refractivity contribution in [2.45, 2.75) is 44.6 Å². The summed E-state index contributed by atoms with van der Waals surface area (Å²) in [6.45, 7) is 0.524. The van der Waals surface area contributed by atoms with E-state index < -0.39 is 15.8 Å². The average molecular weight is 320 g/mol. The van der Waals surface area contributed by atoms with Crippen molar-refractivity contribution in [1.82, 2.24) is 10.2 Å². The third kappa shape index (κ3) is 6.79. The first kappa shape index (κ1) is 17.7. The summed E-state index contributed by atoms with van der Waals surface area (Å²) in [6, 6.07) is -0.479. The van der Waals surface area contributed by atoms with E-state index in [1.807, 2.05) is 0 Å². The van der Waals surface area contributed by atoms with E-state index in [1.165, 1.54) is 4.90 Å². The molecule has 7 nitrogen and oxygen atoms in total. The molecule has 1 rings (SSSR count). The molecule has 0 spiro atoms. The van der Waals surface area contributed by atoms with Gasteiger partial charge in [0.1, 0.15) is 0 Å². The zero-order chi connectivity index (χ0) is 15.9. The Bertz CT molecular complexity index is 463. The SMILES string of the molecule is CN(C(=O)NCCCCCCC(=O)O)C1CCS(=O)(=O)C1. The molecule has 0 aromatic carbocycles. The second kappa shape index (κ2) is 8.21.